The summed E-state index contributed by atoms with van der Waals surface area (Å²) in [6.45, 7) is 3.18. The molecule has 0 amide bonds. The molecular weight excluding hydrogens is 656 g/mol. The fourth-order valence-corrected chi connectivity index (χ4v) is 4.93. The second-order valence-corrected chi connectivity index (χ2v) is 11.1. The number of hydrogen-bond donors (Lipinski definition) is 3. The Balaban J connectivity index is 0.00000294. The molecular formula is C25H19CuN5Na2O7S2. The largest absolute Gasteiger partial charge is 1.00 e. The van der Waals surface area contributed by atoms with Gasteiger partial charge in [0.15, 0.2) is 9.84 Å². The summed E-state index contributed by atoms with van der Waals surface area (Å²) in [4.78, 5) is -1.33. The van der Waals surface area contributed by atoms with Gasteiger partial charge in [-0.1, -0.05) is 35.6 Å². The van der Waals surface area contributed by atoms with Gasteiger partial charge in [0.2, 0.25) is 0 Å². The van der Waals surface area contributed by atoms with Crippen molar-refractivity contribution in [3.63, 3.8) is 0 Å². The van der Waals surface area contributed by atoms with Gasteiger partial charge in [0, 0.05) is 46.6 Å². The van der Waals surface area contributed by atoms with Crippen LogP contribution in [0.15, 0.2) is 103 Å². The number of aromatic hydroxyl groups is 2. The van der Waals surface area contributed by atoms with Crippen LogP contribution in [-0.4, -0.2) is 38.6 Å². The van der Waals surface area contributed by atoms with E-state index in [1.54, 1.807) is 31.3 Å². The molecule has 12 nitrogen and oxygen atoms in total. The third-order valence-corrected chi connectivity index (χ3v) is 7.68. The van der Waals surface area contributed by atoms with Crippen molar-refractivity contribution in [3.8, 4) is 11.5 Å². The minimum atomic E-state index is -5.14. The predicted molar refractivity (Wildman–Crippen MR) is 142 cm³/mol. The molecule has 211 valence electrons. The van der Waals surface area contributed by atoms with Gasteiger partial charge in [0.05, 0.1) is 15.5 Å². The summed E-state index contributed by atoms with van der Waals surface area (Å²) in [7, 11) is -7.56. The summed E-state index contributed by atoms with van der Waals surface area (Å²) in [6.07, 6.45) is 0. The van der Waals surface area contributed by atoms with Crippen LogP contribution in [0, 0.1) is 6.07 Å². The first kappa shape index (κ1) is 37.9. The Bertz CT molecular complexity index is 1910. The van der Waals surface area contributed by atoms with E-state index in [-0.39, 0.29) is 110 Å². The number of sulfone groups is 1. The van der Waals surface area contributed by atoms with Crippen LogP contribution in [0.5, 0.6) is 11.5 Å². The number of hydrogen-bond acceptors (Lipinski definition) is 12. The summed E-state index contributed by atoms with van der Waals surface area (Å²) < 4.78 is 59.8. The summed E-state index contributed by atoms with van der Waals surface area (Å²) in [5, 5.41) is 40.7. The molecule has 0 aliphatic heterocycles. The van der Waals surface area contributed by atoms with Crippen molar-refractivity contribution in [2.75, 3.05) is 12.4 Å². The van der Waals surface area contributed by atoms with E-state index < -0.39 is 35.4 Å². The third-order valence-electron chi connectivity index (χ3n) is 5.46. The number of fused-ring (bicyclic) bond motifs is 1. The summed E-state index contributed by atoms with van der Waals surface area (Å²) in [5.74, 6) is -0.398. The van der Waals surface area contributed by atoms with E-state index in [9.17, 15) is 31.6 Å². The molecule has 4 rings (SSSR count). The van der Waals surface area contributed by atoms with E-state index in [0.717, 1.165) is 12.1 Å². The molecule has 17 heteroatoms. The Labute approximate surface area is 296 Å². The fraction of sp³-hybridized carbons (Fsp3) is 0.0400. The van der Waals surface area contributed by atoms with Crippen LogP contribution in [0.3, 0.4) is 0 Å². The van der Waals surface area contributed by atoms with Crippen molar-refractivity contribution in [1.29, 1.82) is 0 Å². The smallest absolute Gasteiger partial charge is 0.744 e. The molecule has 0 aromatic heterocycles. The molecule has 4 aromatic rings. The number of phenols is 2. The van der Waals surface area contributed by atoms with Gasteiger partial charge in [0.1, 0.15) is 27.2 Å². The van der Waals surface area contributed by atoms with E-state index >= 15 is 0 Å². The quantitative estimate of drug-likeness (QED) is 0.0986. The van der Waals surface area contributed by atoms with Gasteiger partial charge in [0.25, 0.3) is 0 Å². The average Bonchev–Trinajstić information content (AvgIpc) is 2.91. The van der Waals surface area contributed by atoms with Gasteiger partial charge in [-0.3, -0.25) is 0 Å². The van der Waals surface area contributed by atoms with Crippen molar-refractivity contribution >= 4 is 59.2 Å². The molecule has 0 saturated carbocycles. The molecule has 4 aromatic carbocycles. The maximum Gasteiger partial charge on any atom is 1.00 e. The van der Waals surface area contributed by atoms with Crippen LogP contribution in [-0.2, 0) is 37.0 Å². The van der Waals surface area contributed by atoms with E-state index in [0.29, 0.717) is 22.5 Å². The van der Waals surface area contributed by atoms with E-state index in [4.69, 9.17) is 0 Å². The molecule has 0 saturated heterocycles. The monoisotopic (exact) mass is 674 g/mol. The van der Waals surface area contributed by atoms with E-state index in [1.165, 1.54) is 18.2 Å². The molecule has 0 bridgehead atoms. The molecule has 42 heavy (non-hydrogen) atoms. The van der Waals surface area contributed by atoms with Crippen molar-refractivity contribution < 1.29 is 108 Å². The number of phenolic OH excluding ortho intramolecular Hbond substituents is 2. The first-order valence-corrected chi connectivity index (χ1v) is 13.9. The molecule has 0 aliphatic rings. The van der Waals surface area contributed by atoms with Gasteiger partial charge < -0.3 is 20.1 Å². The predicted octanol–water partition coefficient (Wildman–Crippen LogP) is -0.250. The van der Waals surface area contributed by atoms with Crippen LogP contribution in [0.1, 0.15) is 0 Å². The number of azo groups is 2. The molecule has 0 atom stereocenters. The molecule has 0 fully saturated rings. The van der Waals surface area contributed by atoms with Crippen LogP contribution in [0.4, 0.5) is 28.4 Å². The van der Waals surface area contributed by atoms with Crippen LogP contribution >= 0.6 is 0 Å². The maximum atomic E-state index is 12.1. The average molecular weight is 675 g/mol. The third kappa shape index (κ3) is 8.27. The number of benzene rings is 4. The number of rotatable bonds is 8. The fourth-order valence-electron chi connectivity index (χ4n) is 3.49. The van der Waals surface area contributed by atoms with Gasteiger partial charge in [-0.15, -0.1) is 5.11 Å². The number of nitrogens with zero attached hydrogens (tertiary/aromatic N) is 4. The Kier molecular flexibility index (Phi) is 14.0. The van der Waals surface area contributed by atoms with Crippen molar-refractivity contribution in [1.82, 2.24) is 0 Å². The zero-order valence-corrected chi connectivity index (χ0v) is 29.0. The number of anilines is 1. The van der Waals surface area contributed by atoms with Crippen LogP contribution in [0.2, 0.25) is 0 Å². The van der Waals surface area contributed by atoms with Gasteiger partial charge in [-0.25, -0.2) is 16.8 Å². The minimum absolute atomic E-state index is 0. The summed E-state index contributed by atoms with van der Waals surface area (Å²) in [5.41, 5.74) is 0.349. The first-order chi connectivity index (χ1) is 18.5. The summed E-state index contributed by atoms with van der Waals surface area (Å²) in [6, 6.07) is 16.4. The first-order valence-electron chi connectivity index (χ1n) is 10.9. The molecule has 0 unspecified atom stereocenters. The van der Waals surface area contributed by atoms with Crippen molar-refractivity contribution in [3.05, 3.63) is 78.7 Å². The van der Waals surface area contributed by atoms with E-state index in [2.05, 4.69) is 38.4 Å². The molecule has 0 aliphatic carbocycles. The van der Waals surface area contributed by atoms with Gasteiger partial charge in [-0.2, -0.15) is 27.5 Å². The molecule has 0 spiro atoms. The normalized spacial score (nSPS) is 11.5. The molecule has 0 heterocycles. The standard InChI is InChI=1S/C25H20N5O7S2.Cu.2Na/c1-3-38(33,34)15-8-11-19(23(14-15)39(35,36)37)28-30-24-16-9-13-21(25(32)17(16)10-12-20(24)26-2)29-27-18-6-4-5-7-22(18)31;;;/h3-12,14,26,31-32H,1H2,2H3,(H,35,36,37);;;/q-1;;2*+1/p-1. The molecule has 3 N–H and O–H groups in total. The second kappa shape index (κ2) is 15.5. The Morgan fingerprint density at radius 1 is 0.905 bits per heavy atom. The van der Waals surface area contributed by atoms with Crippen LogP contribution in [0.25, 0.3) is 10.8 Å². The minimum Gasteiger partial charge on any atom is -0.744 e. The van der Waals surface area contributed by atoms with Crippen molar-refractivity contribution in [2.24, 2.45) is 20.5 Å². The Morgan fingerprint density at radius 2 is 1.57 bits per heavy atom. The zero-order chi connectivity index (χ0) is 28.4. The van der Waals surface area contributed by atoms with Crippen molar-refractivity contribution in [2.45, 2.75) is 9.79 Å². The SMILES string of the molecule is C=CS(=O)(=O)c1ccc(N=Nc2c(NC)ccc3c(O)c(N=Nc4ccccc4O)[c-]cc23)c(S(=O)(=O)[O-])c1.[Cu].[Na+].[Na+]. The summed E-state index contributed by atoms with van der Waals surface area (Å²) >= 11 is 0. The molecule has 1 radical (unpaired) electrons. The number of nitrogens with one attached hydrogen (secondary N) is 1. The van der Waals surface area contributed by atoms with Gasteiger partial charge in [-0.05, 0) is 36.4 Å². The Morgan fingerprint density at radius 3 is 2.19 bits per heavy atom. The zero-order valence-electron chi connectivity index (χ0n) is 22.4. The number of para-hydroxylation sites is 1. The Hall–Kier alpha value is -2.14. The van der Waals surface area contributed by atoms with E-state index in [1.807, 2.05) is 0 Å². The second-order valence-electron chi connectivity index (χ2n) is 7.84. The topological polar surface area (TPSA) is 193 Å². The maximum absolute atomic E-state index is 12.1. The van der Waals surface area contributed by atoms with Gasteiger partial charge >= 0.3 is 59.1 Å². The van der Waals surface area contributed by atoms with Crippen LogP contribution < -0.4 is 64.4 Å².